The molecule has 1 aromatic heterocycles. The number of ether oxygens (including phenoxy) is 1. The lowest BCUT2D eigenvalue weighted by atomic mass is 10.2. The van der Waals surface area contributed by atoms with Crippen LogP contribution in [0.5, 0.6) is 5.75 Å². The second kappa shape index (κ2) is 8.29. The highest BCUT2D eigenvalue weighted by Crippen LogP contribution is 2.26. The third-order valence-corrected chi connectivity index (χ3v) is 5.08. The van der Waals surface area contributed by atoms with Crippen LogP contribution in [0.3, 0.4) is 0 Å². The van der Waals surface area contributed by atoms with E-state index >= 15 is 0 Å². The SMILES string of the molecule is COc1ccc(-c2csc(NC(=O)CN3CCN(C(C)=O)CC3)n2)cc1. The van der Waals surface area contributed by atoms with Crippen molar-refractivity contribution in [2.75, 3.05) is 45.2 Å². The number of benzene rings is 1. The molecular formula is C18H22N4O3S. The fourth-order valence-corrected chi connectivity index (χ4v) is 3.54. The molecule has 2 amide bonds. The standard InChI is InChI=1S/C18H22N4O3S/c1-13(23)22-9-7-21(8-10-22)11-17(24)20-18-19-16(12-26-18)14-3-5-15(25-2)6-4-14/h3-6,12H,7-11H2,1-2H3,(H,19,20,24). The quantitative estimate of drug-likeness (QED) is 0.865. The molecule has 2 aromatic rings. The summed E-state index contributed by atoms with van der Waals surface area (Å²) in [6.07, 6.45) is 0. The molecule has 138 valence electrons. The Balaban J connectivity index is 1.52. The largest absolute Gasteiger partial charge is 0.497 e. The van der Waals surface area contributed by atoms with Gasteiger partial charge in [-0.05, 0) is 24.3 Å². The minimum Gasteiger partial charge on any atom is -0.497 e. The van der Waals surface area contributed by atoms with Gasteiger partial charge in [0.25, 0.3) is 0 Å². The van der Waals surface area contributed by atoms with Crippen LogP contribution in [-0.4, -0.2) is 66.4 Å². The highest BCUT2D eigenvalue weighted by atomic mass is 32.1. The Hall–Kier alpha value is -2.45. The molecule has 0 spiro atoms. The highest BCUT2D eigenvalue weighted by Gasteiger charge is 2.20. The molecule has 1 aromatic carbocycles. The van der Waals surface area contributed by atoms with Crippen LogP contribution >= 0.6 is 11.3 Å². The van der Waals surface area contributed by atoms with E-state index < -0.39 is 0 Å². The van der Waals surface area contributed by atoms with E-state index in [2.05, 4.69) is 10.3 Å². The molecule has 1 aliphatic rings. The summed E-state index contributed by atoms with van der Waals surface area (Å²) in [5.41, 5.74) is 1.80. The van der Waals surface area contributed by atoms with Crippen LogP contribution in [0.1, 0.15) is 6.92 Å². The Kier molecular flexibility index (Phi) is 5.85. The molecule has 0 radical (unpaired) electrons. The van der Waals surface area contributed by atoms with Crippen LogP contribution in [0, 0.1) is 0 Å². The molecule has 8 heteroatoms. The van der Waals surface area contributed by atoms with E-state index in [0.29, 0.717) is 37.9 Å². The van der Waals surface area contributed by atoms with Gasteiger partial charge in [0.1, 0.15) is 5.75 Å². The average Bonchev–Trinajstić information content (AvgIpc) is 3.10. The molecule has 1 N–H and O–H groups in total. The van der Waals surface area contributed by atoms with Crippen molar-refractivity contribution in [3.8, 4) is 17.0 Å². The van der Waals surface area contributed by atoms with Crippen molar-refractivity contribution in [2.24, 2.45) is 0 Å². The minimum atomic E-state index is -0.0862. The number of amides is 2. The summed E-state index contributed by atoms with van der Waals surface area (Å²) in [6.45, 7) is 4.64. The number of rotatable bonds is 5. The normalized spacial score (nSPS) is 14.9. The third-order valence-electron chi connectivity index (χ3n) is 4.32. The van der Waals surface area contributed by atoms with E-state index in [4.69, 9.17) is 4.74 Å². The second-order valence-corrected chi connectivity index (χ2v) is 6.95. The van der Waals surface area contributed by atoms with E-state index in [-0.39, 0.29) is 11.8 Å². The minimum absolute atomic E-state index is 0.0861. The smallest absolute Gasteiger partial charge is 0.240 e. The van der Waals surface area contributed by atoms with E-state index in [1.54, 1.807) is 18.9 Å². The van der Waals surface area contributed by atoms with Gasteiger partial charge in [0.2, 0.25) is 11.8 Å². The molecule has 1 fully saturated rings. The maximum atomic E-state index is 12.2. The molecule has 2 heterocycles. The van der Waals surface area contributed by atoms with Gasteiger partial charge in [-0.2, -0.15) is 0 Å². The lowest BCUT2D eigenvalue weighted by Crippen LogP contribution is -2.49. The van der Waals surface area contributed by atoms with Gasteiger partial charge in [0.15, 0.2) is 5.13 Å². The topological polar surface area (TPSA) is 74.8 Å². The summed E-state index contributed by atoms with van der Waals surface area (Å²) in [6, 6.07) is 7.64. The number of anilines is 1. The molecule has 1 aliphatic heterocycles. The number of nitrogens with one attached hydrogen (secondary N) is 1. The first-order chi connectivity index (χ1) is 12.5. The zero-order valence-electron chi connectivity index (χ0n) is 14.9. The van der Waals surface area contributed by atoms with Crippen LogP contribution in [0.2, 0.25) is 0 Å². The van der Waals surface area contributed by atoms with Gasteiger partial charge in [0, 0.05) is 44.0 Å². The number of carbonyl (C=O) groups is 2. The van der Waals surface area contributed by atoms with Crippen LogP contribution in [0.25, 0.3) is 11.3 Å². The molecule has 0 unspecified atom stereocenters. The molecule has 26 heavy (non-hydrogen) atoms. The fourth-order valence-electron chi connectivity index (χ4n) is 2.81. The number of methoxy groups -OCH3 is 1. The number of thiazole rings is 1. The van der Waals surface area contributed by atoms with Crippen LogP contribution < -0.4 is 10.1 Å². The molecule has 1 saturated heterocycles. The Labute approximate surface area is 156 Å². The van der Waals surface area contributed by atoms with Crippen LogP contribution in [0.4, 0.5) is 5.13 Å². The van der Waals surface area contributed by atoms with Gasteiger partial charge < -0.3 is 15.0 Å². The predicted octanol–water partition coefficient (Wildman–Crippen LogP) is 1.92. The summed E-state index contributed by atoms with van der Waals surface area (Å²) in [5, 5.41) is 5.36. The summed E-state index contributed by atoms with van der Waals surface area (Å²) >= 11 is 1.40. The summed E-state index contributed by atoms with van der Waals surface area (Å²) in [5.74, 6) is 0.794. The summed E-state index contributed by atoms with van der Waals surface area (Å²) < 4.78 is 5.15. The maximum absolute atomic E-state index is 12.2. The van der Waals surface area contributed by atoms with Crippen molar-refractivity contribution in [1.29, 1.82) is 0 Å². The van der Waals surface area contributed by atoms with Gasteiger partial charge >= 0.3 is 0 Å². The van der Waals surface area contributed by atoms with Crippen molar-refractivity contribution in [3.05, 3.63) is 29.6 Å². The molecule has 0 saturated carbocycles. The van der Waals surface area contributed by atoms with E-state index in [1.807, 2.05) is 34.5 Å². The van der Waals surface area contributed by atoms with Gasteiger partial charge in [0.05, 0.1) is 19.3 Å². The van der Waals surface area contributed by atoms with Crippen molar-refractivity contribution in [3.63, 3.8) is 0 Å². The maximum Gasteiger partial charge on any atom is 0.240 e. The number of nitrogens with zero attached hydrogens (tertiary/aromatic N) is 3. The molecule has 0 aliphatic carbocycles. The van der Waals surface area contributed by atoms with Gasteiger partial charge in [-0.3, -0.25) is 14.5 Å². The number of piperazine rings is 1. The van der Waals surface area contributed by atoms with Crippen molar-refractivity contribution in [2.45, 2.75) is 6.92 Å². The first-order valence-corrected chi connectivity index (χ1v) is 9.31. The Morgan fingerprint density at radius 2 is 1.88 bits per heavy atom. The summed E-state index contributed by atoms with van der Waals surface area (Å²) in [7, 11) is 1.63. The molecule has 0 atom stereocenters. The Bertz CT molecular complexity index is 767. The predicted molar refractivity (Wildman–Crippen MR) is 101 cm³/mol. The van der Waals surface area contributed by atoms with Crippen molar-refractivity contribution < 1.29 is 14.3 Å². The van der Waals surface area contributed by atoms with Crippen LogP contribution in [0.15, 0.2) is 29.6 Å². The first-order valence-electron chi connectivity index (χ1n) is 8.43. The molecule has 7 nitrogen and oxygen atoms in total. The molecule has 0 bridgehead atoms. The average molecular weight is 374 g/mol. The zero-order chi connectivity index (χ0) is 18.5. The van der Waals surface area contributed by atoms with E-state index in [9.17, 15) is 9.59 Å². The van der Waals surface area contributed by atoms with Gasteiger partial charge in [-0.1, -0.05) is 0 Å². The molecular weight excluding hydrogens is 352 g/mol. The van der Waals surface area contributed by atoms with E-state index in [1.165, 1.54) is 11.3 Å². The van der Waals surface area contributed by atoms with Crippen molar-refractivity contribution >= 4 is 28.3 Å². The number of hydrogen-bond acceptors (Lipinski definition) is 6. The highest BCUT2D eigenvalue weighted by molar-refractivity contribution is 7.14. The van der Waals surface area contributed by atoms with Crippen molar-refractivity contribution in [1.82, 2.24) is 14.8 Å². The monoisotopic (exact) mass is 374 g/mol. The van der Waals surface area contributed by atoms with Gasteiger partial charge in [-0.25, -0.2) is 4.98 Å². The second-order valence-electron chi connectivity index (χ2n) is 6.10. The number of hydrogen-bond donors (Lipinski definition) is 1. The third kappa shape index (κ3) is 4.59. The fraction of sp³-hybridized carbons (Fsp3) is 0.389. The summed E-state index contributed by atoms with van der Waals surface area (Å²) in [4.78, 5) is 31.9. The van der Waals surface area contributed by atoms with Crippen LogP contribution in [-0.2, 0) is 9.59 Å². The van der Waals surface area contributed by atoms with E-state index in [0.717, 1.165) is 17.0 Å². The number of carbonyl (C=O) groups excluding carboxylic acids is 2. The first kappa shape index (κ1) is 18.3. The van der Waals surface area contributed by atoms with Gasteiger partial charge in [-0.15, -0.1) is 11.3 Å². The lowest BCUT2D eigenvalue weighted by molar-refractivity contribution is -0.130. The zero-order valence-corrected chi connectivity index (χ0v) is 15.7. The molecule has 3 rings (SSSR count). The lowest BCUT2D eigenvalue weighted by Gasteiger charge is -2.33. The number of aromatic nitrogens is 1. The Morgan fingerprint density at radius 1 is 1.19 bits per heavy atom. The Morgan fingerprint density at radius 3 is 2.50 bits per heavy atom.